The summed E-state index contributed by atoms with van der Waals surface area (Å²) in [5.74, 6) is 0. The molecule has 4 nitrogen and oxygen atoms in total. The third-order valence-electron chi connectivity index (χ3n) is 19.1. The van der Waals surface area contributed by atoms with E-state index >= 15 is 0 Å². The molecule has 0 spiro atoms. The van der Waals surface area contributed by atoms with E-state index in [0.29, 0.717) is 0 Å². The molecule has 22 rings (SSSR count). The Hall–Kier alpha value is -8.60. The van der Waals surface area contributed by atoms with E-state index in [1.165, 1.54) is 187 Å². The van der Waals surface area contributed by atoms with Gasteiger partial charge in [0.25, 0.3) is 0 Å². The summed E-state index contributed by atoms with van der Waals surface area (Å²) in [6.07, 6.45) is 0. The van der Waals surface area contributed by atoms with E-state index in [9.17, 15) is 0 Å². The van der Waals surface area contributed by atoms with Crippen LogP contribution < -0.4 is 0 Å². The van der Waals surface area contributed by atoms with Gasteiger partial charge < -0.3 is 18.3 Å². The highest BCUT2D eigenvalue weighted by atomic mass is 15.1. The van der Waals surface area contributed by atoms with Crippen molar-refractivity contribution in [2.45, 2.75) is 24.2 Å². The molecule has 0 radical (unpaired) electrons. The van der Waals surface area contributed by atoms with Crippen molar-refractivity contribution < 1.29 is 0 Å². The fourth-order valence-electron chi connectivity index (χ4n) is 17.1. The van der Waals surface area contributed by atoms with Gasteiger partial charge in [-0.3, -0.25) is 0 Å². The minimum atomic E-state index is 0.0485. The Morgan fingerprint density at radius 3 is 0.765 bits per heavy atom. The molecule has 0 N–H and O–H groups in total. The van der Waals surface area contributed by atoms with Crippen molar-refractivity contribution in [3.8, 4) is 55.6 Å². The molecule has 0 aliphatic carbocycles. The number of hydrogen-bond acceptors (Lipinski definition) is 0. The SMILES string of the molecule is c1ccc2c(c1)-c1cccc3c4ccc5c6c4n(c13)C2c1ccc2c3ccc4c7c3n(c2c1-6)C5c1ccc2c3ccc5c6c3n(c2c1-7)C4c1ccc2c3cccc4c3n(c2c1-6)C5c1ccccc1-4. The van der Waals surface area contributed by atoms with Crippen molar-refractivity contribution >= 4 is 87.2 Å². The number of benzene rings is 10. The molecular weight excluding hydrogens is 825 g/mol. The Bertz CT molecular complexity index is 4790. The van der Waals surface area contributed by atoms with E-state index in [-0.39, 0.29) is 24.2 Å². The smallest absolute Gasteiger partial charge is 0.0859 e. The average Bonchev–Trinajstić information content (AvgIpc) is 4.13. The zero-order valence-electron chi connectivity index (χ0n) is 36.1. The van der Waals surface area contributed by atoms with Gasteiger partial charge in [0.05, 0.1) is 68.3 Å². The Morgan fingerprint density at radius 1 is 0.191 bits per heavy atom. The number of rotatable bonds is 0. The topological polar surface area (TPSA) is 19.7 Å². The molecular formula is C64H30N4. The summed E-state index contributed by atoms with van der Waals surface area (Å²) in [5.41, 5.74) is 36.8. The second kappa shape index (κ2) is 9.36. The van der Waals surface area contributed by atoms with Crippen LogP contribution in [0.25, 0.3) is 143 Å². The highest BCUT2D eigenvalue weighted by Crippen LogP contribution is 2.67. The predicted octanol–water partition coefficient (Wildman–Crippen LogP) is 15.5. The molecule has 0 saturated heterocycles. The molecule has 8 aliphatic rings. The number of fused-ring (bicyclic) bond motifs is 16. The van der Waals surface area contributed by atoms with E-state index < -0.39 is 0 Å². The number of nitrogens with zero attached hydrogens (tertiary/aromatic N) is 4. The van der Waals surface area contributed by atoms with Crippen molar-refractivity contribution in [3.05, 3.63) is 202 Å². The van der Waals surface area contributed by atoms with E-state index in [4.69, 9.17) is 0 Å². The fourth-order valence-corrected chi connectivity index (χ4v) is 17.1. The zero-order valence-corrected chi connectivity index (χ0v) is 36.1. The molecule has 12 heterocycles. The highest BCUT2D eigenvalue weighted by molar-refractivity contribution is 6.30. The first-order valence-corrected chi connectivity index (χ1v) is 24.5. The second-order valence-corrected chi connectivity index (χ2v) is 21.2. The van der Waals surface area contributed by atoms with Crippen LogP contribution in [0.2, 0.25) is 0 Å². The molecule has 0 fully saturated rings. The minimum absolute atomic E-state index is 0.0485. The van der Waals surface area contributed by atoms with Gasteiger partial charge in [0.2, 0.25) is 0 Å². The maximum atomic E-state index is 2.84. The first-order chi connectivity index (χ1) is 33.8. The number of hydrogen-bond donors (Lipinski definition) is 0. The Morgan fingerprint density at radius 2 is 0.441 bits per heavy atom. The molecule has 4 aromatic heterocycles. The molecule has 0 bridgehead atoms. The largest absolute Gasteiger partial charge is 0.328 e. The summed E-state index contributed by atoms with van der Waals surface area (Å²) in [5, 5.41) is 11.0. The van der Waals surface area contributed by atoms with Crippen molar-refractivity contribution in [3.63, 3.8) is 0 Å². The maximum Gasteiger partial charge on any atom is 0.0859 e. The van der Waals surface area contributed by atoms with E-state index in [1.807, 2.05) is 0 Å². The van der Waals surface area contributed by atoms with Crippen LogP contribution in [0.5, 0.6) is 0 Å². The lowest BCUT2D eigenvalue weighted by molar-refractivity contribution is 0.675. The van der Waals surface area contributed by atoms with E-state index in [0.717, 1.165) is 0 Å². The maximum absolute atomic E-state index is 2.84. The summed E-state index contributed by atoms with van der Waals surface area (Å²) in [4.78, 5) is 0. The van der Waals surface area contributed by atoms with Gasteiger partial charge in [-0.05, 0) is 55.6 Å². The minimum Gasteiger partial charge on any atom is -0.328 e. The van der Waals surface area contributed by atoms with E-state index in [2.05, 4.69) is 176 Å². The number of para-hydroxylation sites is 2. The summed E-state index contributed by atoms with van der Waals surface area (Å²) in [6, 6.07) is 63.0. The summed E-state index contributed by atoms with van der Waals surface area (Å²) < 4.78 is 11.2. The van der Waals surface area contributed by atoms with Gasteiger partial charge in [-0.1, -0.05) is 158 Å². The fraction of sp³-hybridized carbons (Fsp3) is 0.0625. The van der Waals surface area contributed by atoms with Crippen molar-refractivity contribution in [2.24, 2.45) is 0 Å². The molecule has 4 heteroatoms. The van der Waals surface area contributed by atoms with Crippen molar-refractivity contribution in [1.29, 1.82) is 0 Å². The van der Waals surface area contributed by atoms with Gasteiger partial charge in [-0.15, -0.1) is 0 Å². The zero-order chi connectivity index (χ0) is 42.6. The summed E-state index contributed by atoms with van der Waals surface area (Å²) in [6.45, 7) is 0. The lowest BCUT2D eigenvalue weighted by Crippen LogP contribution is -2.29. The van der Waals surface area contributed by atoms with Crippen LogP contribution in [-0.4, -0.2) is 18.3 Å². The highest BCUT2D eigenvalue weighted by Gasteiger charge is 2.49. The summed E-state index contributed by atoms with van der Waals surface area (Å²) in [7, 11) is 0. The monoisotopic (exact) mass is 854 g/mol. The predicted molar refractivity (Wildman–Crippen MR) is 275 cm³/mol. The lowest BCUT2D eigenvalue weighted by atomic mass is 9.74. The normalized spacial score (nSPS) is 19.5. The van der Waals surface area contributed by atoms with Gasteiger partial charge in [0.1, 0.15) is 0 Å². The molecule has 306 valence electrons. The van der Waals surface area contributed by atoms with E-state index in [1.54, 1.807) is 0 Å². The van der Waals surface area contributed by atoms with Crippen LogP contribution in [0.4, 0.5) is 0 Å². The quantitative estimate of drug-likeness (QED) is 0.145. The molecule has 14 aromatic rings. The van der Waals surface area contributed by atoms with Crippen LogP contribution in [0, 0.1) is 0 Å². The van der Waals surface area contributed by atoms with Crippen LogP contribution >= 0.6 is 0 Å². The molecule has 8 aliphatic heterocycles. The van der Waals surface area contributed by atoms with Gasteiger partial charge in [-0.25, -0.2) is 0 Å². The van der Waals surface area contributed by atoms with Crippen molar-refractivity contribution in [2.75, 3.05) is 0 Å². The third kappa shape index (κ3) is 2.71. The van der Waals surface area contributed by atoms with Gasteiger partial charge in [0.15, 0.2) is 0 Å². The first kappa shape index (κ1) is 31.3. The van der Waals surface area contributed by atoms with Crippen LogP contribution in [0.15, 0.2) is 158 Å². The Labute approximate surface area is 385 Å². The molecule has 0 saturated carbocycles. The first-order valence-electron chi connectivity index (χ1n) is 24.5. The molecule has 4 unspecified atom stereocenters. The van der Waals surface area contributed by atoms with Gasteiger partial charge in [0, 0.05) is 87.6 Å². The van der Waals surface area contributed by atoms with Crippen LogP contribution in [0.3, 0.4) is 0 Å². The molecule has 0 amide bonds. The second-order valence-electron chi connectivity index (χ2n) is 21.2. The lowest BCUT2D eigenvalue weighted by Gasteiger charge is -2.43. The number of aromatic nitrogens is 4. The Balaban J connectivity index is 0.947. The molecule has 4 atom stereocenters. The molecule has 68 heavy (non-hydrogen) atoms. The average molecular weight is 855 g/mol. The third-order valence-corrected chi connectivity index (χ3v) is 19.1. The van der Waals surface area contributed by atoms with Crippen LogP contribution in [0.1, 0.15) is 68.7 Å². The van der Waals surface area contributed by atoms with Gasteiger partial charge >= 0.3 is 0 Å². The van der Waals surface area contributed by atoms with Crippen molar-refractivity contribution in [1.82, 2.24) is 18.3 Å². The Kier molecular flexibility index (Phi) is 4.31. The van der Waals surface area contributed by atoms with Crippen LogP contribution in [-0.2, 0) is 0 Å². The molecule has 10 aromatic carbocycles. The standard InChI is InChI=1S/C64H30N4/c1-3-9-29-27(7-1)31-11-5-13-33-35-15-23-43-49-47-41(55(29)65(53(31)33)59(35)49)21-17-37-39-19-25-46-51-52-45(57(43)67(61(37)47)63(39)51)26-20-40-38-18-22-42-48-50-44(58(46)68(62(38)48)64(40)52)24-16-36-34-14-6-12-32-28-8-2-4-10-30(28)56(42)66(54(32)34)60(36)50/h1-26,55-58H. The summed E-state index contributed by atoms with van der Waals surface area (Å²) >= 11 is 0. The van der Waals surface area contributed by atoms with Gasteiger partial charge in [-0.2, -0.15) is 0 Å².